The maximum Gasteiger partial charge on any atom is 0.0616 e. The third-order valence-corrected chi connectivity index (χ3v) is 5.64. The summed E-state index contributed by atoms with van der Waals surface area (Å²) < 4.78 is 0. The van der Waals surface area contributed by atoms with E-state index in [-0.39, 0.29) is 12.1 Å². The van der Waals surface area contributed by atoms with Crippen molar-refractivity contribution in [3.05, 3.63) is 0 Å². The van der Waals surface area contributed by atoms with Crippen LogP contribution in [0.4, 0.5) is 0 Å². The Hall–Kier alpha value is -0.120. The molecule has 2 aliphatic rings. The van der Waals surface area contributed by atoms with E-state index < -0.39 is 0 Å². The van der Waals surface area contributed by atoms with E-state index in [2.05, 4.69) is 38.0 Å². The van der Waals surface area contributed by atoms with Crippen molar-refractivity contribution in [2.24, 2.45) is 11.8 Å². The molecule has 3 heteroatoms. The first-order valence-corrected chi connectivity index (χ1v) is 8.57. The second kappa shape index (κ2) is 6.76. The van der Waals surface area contributed by atoms with E-state index in [0.717, 1.165) is 18.4 Å². The van der Waals surface area contributed by atoms with Gasteiger partial charge in [-0.15, -0.1) is 0 Å². The number of nitrogens with zero attached hydrogens (tertiary/aromatic N) is 1. The molecular weight excluding hydrogens is 248 g/mol. The average Bonchev–Trinajstić information content (AvgIpc) is 3.18. The lowest BCUT2D eigenvalue weighted by molar-refractivity contribution is 0.101. The highest BCUT2D eigenvalue weighted by atomic mass is 16.3. The van der Waals surface area contributed by atoms with Crippen molar-refractivity contribution in [2.75, 3.05) is 20.2 Å². The number of rotatable bonds is 8. The van der Waals surface area contributed by atoms with Crippen molar-refractivity contribution in [1.29, 1.82) is 0 Å². The van der Waals surface area contributed by atoms with E-state index in [9.17, 15) is 5.11 Å². The molecule has 0 aromatic rings. The van der Waals surface area contributed by atoms with Gasteiger partial charge in [-0.25, -0.2) is 0 Å². The molecule has 3 nitrogen and oxygen atoms in total. The summed E-state index contributed by atoms with van der Waals surface area (Å²) in [5.41, 5.74) is -0.0160. The van der Waals surface area contributed by atoms with Crippen molar-refractivity contribution in [2.45, 2.75) is 76.9 Å². The molecule has 2 saturated carbocycles. The minimum absolute atomic E-state index is 0.0160. The third-order valence-electron chi connectivity index (χ3n) is 5.64. The summed E-state index contributed by atoms with van der Waals surface area (Å²) in [7, 11) is 2.27. The number of hydrogen-bond donors (Lipinski definition) is 2. The Bertz CT molecular complexity index is 303. The number of aliphatic hydroxyl groups excluding tert-OH is 1. The van der Waals surface area contributed by atoms with E-state index in [1.807, 2.05) is 0 Å². The summed E-state index contributed by atoms with van der Waals surface area (Å²) in [4.78, 5) is 2.54. The molecule has 0 saturated heterocycles. The minimum Gasteiger partial charge on any atom is -0.394 e. The van der Waals surface area contributed by atoms with Crippen LogP contribution in [0.3, 0.4) is 0 Å². The molecule has 20 heavy (non-hydrogen) atoms. The normalized spacial score (nSPS) is 32.2. The van der Waals surface area contributed by atoms with E-state index in [1.165, 1.54) is 38.6 Å². The van der Waals surface area contributed by atoms with Gasteiger partial charge in [0.05, 0.1) is 6.61 Å². The fourth-order valence-corrected chi connectivity index (χ4v) is 4.09. The molecule has 3 atom stereocenters. The van der Waals surface area contributed by atoms with Gasteiger partial charge in [-0.05, 0) is 64.5 Å². The SMILES string of the molecule is CC(C)NC1(CO)CCCC1CCN(C)C(C)C1CC1. The summed E-state index contributed by atoms with van der Waals surface area (Å²) in [6.45, 7) is 8.21. The van der Waals surface area contributed by atoms with Crippen LogP contribution in [0.5, 0.6) is 0 Å². The van der Waals surface area contributed by atoms with Crippen LogP contribution in [0.15, 0.2) is 0 Å². The summed E-state index contributed by atoms with van der Waals surface area (Å²) in [6.07, 6.45) is 7.72. The van der Waals surface area contributed by atoms with Crippen LogP contribution in [0, 0.1) is 11.8 Å². The molecule has 2 N–H and O–H groups in total. The van der Waals surface area contributed by atoms with Gasteiger partial charge in [0.15, 0.2) is 0 Å². The van der Waals surface area contributed by atoms with E-state index in [1.54, 1.807) is 0 Å². The molecule has 0 heterocycles. The van der Waals surface area contributed by atoms with Gasteiger partial charge in [0.2, 0.25) is 0 Å². The Morgan fingerprint density at radius 1 is 1.25 bits per heavy atom. The number of hydrogen-bond acceptors (Lipinski definition) is 3. The topological polar surface area (TPSA) is 35.5 Å². The molecule has 3 unspecified atom stereocenters. The Balaban J connectivity index is 1.86. The molecule has 0 radical (unpaired) electrons. The quantitative estimate of drug-likeness (QED) is 0.718. The van der Waals surface area contributed by atoms with Crippen LogP contribution in [0.2, 0.25) is 0 Å². The molecule has 0 aromatic carbocycles. The Morgan fingerprint density at radius 3 is 2.50 bits per heavy atom. The first-order valence-electron chi connectivity index (χ1n) is 8.57. The molecule has 118 valence electrons. The predicted molar refractivity (Wildman–Crippen MR) is 84.9 cm³/mol. The Labute approximate surface area is 125 Å². The van der Waals surface area contributed by atoms with Crippen LogP contribution in [0.1, 0.15) is 59.3 Å². The highest BCUT2D eigenvalue weighted by molar-refractivity contribution is 5.00. The van der Waals surface area contributed by atoms with Crippen molar-refractivity contribution >= 4 is 0 Å². The zero-order chi connectivity index (χ0) is 14.8. The van der Waals surface area contributed by atoms with Gasteiger partial charge < -0.3 is 15.3 Å². The van der Waals surface area contributed by atoms with Gasteiger partial charge in [-0.2, -0.15) is 0 Å². The molecule has 2 aliphatic carbocycles. The van der Waals surface area contributed by atoms with Gasteiger partial charge in [0.1, 0.15) is 0 Å². The van der Waals surface area contributed by atoms with E-state index >= 15 is 0 Å². The standard InChI is InChI=1S/C17H34N2O/c1-13(2)18-17(12-20)10-5-6-16(17)9-11-19(4)14(3)15-7-8-15/h13-16,18,20H,5-12H2,1-4H3. The summed E-state index contributed by atoms with van der Waals surface area (Å²) in [5, 5.41) is 13.6. The lowest BCUT2D eigenvalue weighted by atomic mass is 9.84. The number of nitrogens with one attached hydrogen (secondary N) is 1. The largest absolute Gasteiger partial charge is 0.394 e. The van der Waals surface area contributed by atoms with Crippen LogP contribution in [-0.4, -0.2) is 47.8 Å². The average molecular weight is 282 g/mol. The lowest BCUT2D eigenvalue weighted by Crippen LogP contribution is -2.54. The molecule has 0 bridgehead atoms. The number of aliphatic hydroxyl groups is 1. The van der Waals surface area contributed by atoms with Crippen LogP contribution >= 0.6 is 0 Å². The Kier molecular flexibility index (Phi) is 5.49. The van der Waals surface area contributed by atoms with Gasteiger partial charge >= 0.3 is 0 Å². The zero-order valence-electron chi connectivity index (χ0n) is 13.9. The highest BCUT2D eigenvalue weighted by Gasteiger charge is 2.42. The second-order valence-corrected chi connectivity index (χ2v) is 7.55. The minimum atomic E-state index is -0.0160. The third kappa shape index (κ3) is 3.75. The lowest BCUT2D eigenvalue weighted by Gasteiger charge is -2.38. The van der Waals surface area contributed by atoms with Crippen molar-refractivity contribution in [1.82, 2.24) is 10.2 Å². The molecule has 0 aromatic heterocycles. The van der Waals surface area contributed by atoms with Gasteiger partial charge in [-0.1, -0.05) is 20.3 Å². The summed E-state index contributed by atoms with van der Waals surface area (Å²) >= 11 is 0. The molecule has 0 aliphatic heterocycles. The second-order valence-electron chi connectivity index (χ2n) is 7.55. The van der Waals surface area contributed by atoms with Crippen molar-refractivity contribution < 1.29 is 5.11 Å². The summed E-state index contributed by atoms with van der Waals surface area (Å²) in [6, 6.07) is 1.18. The maximum absolute atomic E-state index is 9.93. The molecule has 2 fully saturated rings. The van der Waals surface area contributed by atoms with E-state index in [4.69, 9.17) is 0 Å². The maximum atomic E-state index is 9.93. The first-order chi connectivity index (χ1) is 9.48. The first kappa shape index (κ1) is 16.3. The Morgan fingerprint density at radius 2 is 1.95 bits per heavy atom. The zero-order valence-corrected chi connectivity index (χ0v) is 13.9. The van der Waals surface area contributed by atoms with Crippen LogP contribution in [0.25, 0.3) is 0 Å². The van der Waals surface area contributed by atoms with Crippen LogP contribution < -0.4 is 5.32 Å². The van der Waals surface area contributed by atoms with Crippen molar-refractivity contribution in [3.8, 4) is 0 Å². The molecule has 2 rings (SSSR count). The van der Waals surface area contributed by atoms with Gasteiger partial charge in [-0.3, -0.25) is 0 Å². The molecule has 0 spiro atoms. The fourth-order valence-electron chi connectivity index (χ4n) is 4.09. The predicted octanol–water partition coefficient (Wildman–Crippen LogP) is 2.64. The molecule has 0 amide bonds. The van der Waals surface area contributed by atoms with Crippen molar-refractivity contribution in [3.63, 3.8) is 0 Å². The monoisotopic (exact) mass is 282 g/mol. The smallest absolute Gasteiger partial charge is 0.0616 e. The molecular formula is C17H34N2O. The van der Waals surface area contributed by atoms with Gasteiger partial charge in [0, 0.05) is 17.6 Å². The van der Waals surface area contributed by atoms with Crippen LogP contribution in [-0.2, 0) is 0 Å². The van der Waals surface area contributed by atoms with Gasteiger partial charge in [0.25, 0.3) is 0 Å². The van der Waals surface area contributed by atoms with E-state index in [0.29, 0.717) is 12.0 Å². The summed E-state index contributed by atoms with van der Waals surface area (Å²) in [5.74, 6) is 1.57. The highest BCUT2D eigenvalue weighted by Crippen LogP contribution is 2.39. The fraction of sp³-hybridized carbons (Fsp3) is 1.00.